The Morgan fingerprint density at radius 2 is 1.57 bits per heavy atom. The molecule has 140 valence electrons. The van der Waals surface area contributed by atoms with Gasteiger partial charge in [-0.2, -0.15) is 0 Å². The molecule has 1 amide bonds. The van der Waals surface area contributed by atoms with Crippen molar-refractivity contribution in [2.24, 2.45) is 0 Å². The number of aromatic nitrogens is 1. The number of nitrogens with zero attached hydrogens (tertiary/aromatic N) is 1. The summed E-state index contributed by atoms with van der Waals surface area (Å²) in [4.78, 5) is 36.7. The summed E-state index contributed by atoms with van der Waals surface area (Å²) in [5.74, 6) is -1.65. The summed E-state index contributed by atoms with van der Waals surface area (Å²) in [6, 6.07) is 19.5. The largest absolute Gasteiger partial charge is 0.479 e. The van der Waals surface area contributed by atoms with E-state index in [1.807, 2.05) is 30.3 Å². The molecule has 3 rings (SSSR count). The molecule has 1 atom stereocenters. The molecule has 28 heavy (non-hydrogen) atoms. The number of hydrogen-bond acceptors (Lipinski definition) is 3. The number of nitrogens with one attached hydrogen (secondary N) is 1. The van der Waals surface area contributed by atoms with Gasteiger partial charge >= 0.3 is 5.97 Å². The summed E-state index contributed by atoms with van der Waals surface area (Å²) >= 11 is 0. The van der Waals surface area contributed by atoms with Gasteiger partial charge in [0.15, 0.2) is 6.04 Å². The molecule has 0 aliphatic rings. The van der Waals surface area contributed by atoms with Crippen molar-refractivity contribution in [2.75, 3.05) is 5.32 Å². The van der Waals surface area contributed by atoms with Crippen LogP contribution in [0.3, 0.4) is 0 Å². The van der Waals surface area contributed by atoms with Crippen LogP contribution >= 0.6 is 0 Å². The van der Waals surface area contributed by atoms with Crippen molar-refractivity contribution in [1.82, 2.24) is 4.57 Å². The molecule has 0 saturated carbocycles. The minimum absolute atomic E-state index is 0.00685. The number of anilines is 1. The lowest BCUT2D eigenvalue weighted by Gasteiger charge is -2.17. The van der Waals surface area contributed by atoms with Gasteiger partial charge in [-0.3, -0.25) is 14.2 Å². The standard InChI is InChI=1S/C22H18N2O4/c25-19(14-13-16-8-3-1-4-9-16)23-18-12-7-15-24(21(18)26)20(22(27)28)17-10-5-2-6-11-17/h1-15,20H,(H,23,25)(H,27,28)/b14-13+. The van der Waals surface area contributed by atoms with E-state index in [-0.39, 0.29) is 5.69 Å². The van der Waals surface area contributed by atoms with Crippen LogP contribution in [0.1, 0.15) is 17.2 Å². The summed E-state index contributed by atoms with van der Waals surface area (Å²) in [6.45, 7) is 0. The van der Waals surface area contributed by atoms with E-state index < -0.39 is 23.5 Å². The lowest BCUT2D eigenvalue weighted by atomic mass is 10.1. The van der Waals surface area contributed by atoms with Crippen LogP contribution in [0.5, 0.6) is 0 Å². The molecule has 0 spiro atoms. The highest BCUT2D eigenvalue weighted by atomic mass is 16.4. The Bertz CT molecular complexity index is 1060. The molecule has 1 unspecified atom stereocenters. The second kappa shape index (κ2) is 8.64. The number of amides is 1. The van der Waals surface area contributed by atoms with Crippen LogP contribution in [0, 0.1) is 0 Å². The zero-order valence-corrected chi connectivity index (χ0v) is 14.9. The smallest absolute Gasteiger partial charge is 0.331 e. The molecule has 1 aromatic heterocycles. The number of hydrogen-bond donors (Lipinski definition) is 2. The molecule has 6 nitrogen and oxygen atoms in total. The molecular formula is C22H18N2O4. The van der Waals surface area contributed by atoms with Crippen molar-refractivity contribution in [3.63, 3.8) is 0 Å². The number of aliphatic carboxylic acids is 1. The van der Waals surface area contributed by atoms with Crippen molar-refractivity contribution < 1.29 is 14.7 Å². The first-order valence-electron chi connectivity index (χ1n) is 8.59. The molecule has 3 aromatic rings. The second-order valence-electron chi connectivity index (χ2n) is 6.02. The molecule has 0 aliphatic carbocycles. The van der Waals surface area contributed by atoms with E-state index >= 15 is 0 Å². The van der Waals surface area contributed by atoms with Crippen LogP contribution in [0.2, 0.25) is 0 Å². The van der Waals surface area contributed by atoms with Crippen molar-refractivity contribution in [3.05, 3.63) is 107 Å². The average Bonchev–Trinajstić information content (AvgIpc) is 2.71. The summed E-state index contributed by atoms with van der Waals surface area (Å²) in [6.07, 6.45) is 4.34. The average molecular weight is 374 g/mol. The SMILES string of the molecule is O=C(/C=C/c1ccccc1)Nc1cccn(C(C(=O)O)c2ccccc2)c1=O. The number of carbonyl (C=O) groups excluding carboxylic acids is 1. The Hall–Kier alpha value is -3.93. The van der Waals surface area contributed by atoms with Gasteiger partial charge in [0.25, 0.3) is 5.56 Å². The van der Waals surface area contributed by atoms with Crippen LogP contribution in [-0.4, -0.2) is 21.6 Å². The monoisotopic (exact) mass is 374 g/mol. The Kier molecular flexibility index (Phi) is 5.81. The topological polar surface area (TPSA) is 88.4 Å². The predicted molar refractivity (Wildman–Crippen MR) is 107 cm³/mol. The van der Waals surface area contributed by atoms with E-state index in [2.05, 4.69) is 5.32 Å². The molecule has 0 saturated heterocycles. The summed E-state index contributed by atoms with van der Waals surface area (Å²) in [7, 11) is 0. The highest BCUT2D eigenvalue weighted by Gasteiger charge is 2.23. The maximum atomic E-state index is 12.8. The predicted octanol–water partition coefficient (Wildman–Crippen LogP) is 3.17. The van der Waals surface area contributed by atoms with Crippen molar-refractivity contribution in [3.8, 4) is 0 Å². The van der Waals surface area contributed by atoms with E-state index in [0.29, 0.717) is 5.56 Å². The van der Waals surface area contributed by atoms with Crippen molar-refractivity contribution >= 4 is 23.6 Å². The van der Waals surface area contributed by atoms with E-state index in [1.165, 1.54) is 24.4 Å². The van der Waals surface area contributed by atoms with Crippen LogP contribution in [0.4, 0.5) is 5.69 Å². The fourth-order valence-electron chi connectivity index (χ4n) is 2.78. The highest BCUT2D eigenvalue weighted by molar-refractivity contribution is 6.01. The van der Waals surface area contributed by atoms with Gasteiger partial charge in [-0.25, -0.2) is 4.79 Å². The van der Waals surface area contributed by atoms with E-state index in [1.54, 1.807) is 36.4 Å². The molecular weight excluding hydrogens is 356 g/mol. The van der Waals surface area contributed by atoms with E-state index in [9.17, 15) is 19.5 Å². The fraction of sp³-hybridized carbons (Fsp3) is 0.0455. The minimum Gasteiger partial charge on any atom is -0.479 e. The Morgan fingerprint density at radius 3 is 2.21 bits per heavy atom. The summed E-state index contributed by atoms with van der Waals surface area (Å²) < 4.78 is 1.09. The molecule has 1 heterocycles. The zero-order chi connectivity index (χ0) is 19.9. The maximum absolute atomic E-state index is 12.8. The van der Waals surface area contributed by atoms with Crippen molar-refractivity contribution in [2.45, 2.75) is 6.04 Å². The first-order chi connectivity index (χ1) is 13.6. The first-order valence-corrected chi connectivity index (χ1v) is 8.59. The van der Waals surface area contributed by atoms with Gasteiger partial charge in [-0.15, -0.1) is 0 Å². The Labute approximate surface area is 161 Å². The van der Waals surface area contributed by atoms with E-state index in [0.717, 1.165) is 10.1 Å². The Balaban J connectivity index is 1.86. The van der Waals surface area contributed by atoms with Gasteiger partial charge in [0, 0.05) is 12.3 Å². The van der Waals surface area contributed by atoms with Gasteiger partial charge in [-0.1, -0.05) is 60.7 Å². The van der Waals surface area contributed by atoms with Crippen LogP contribution in [-0.2, 0) is 9.59 Å². The normalized spacial score (nSPS) is 11.9. The zero-order valence-electron chi connectivity index (χ0n) is 14.9. The van der Waals surface area contributed by atoms with E-state index in [4.69, 9.17) is 0 Å². The van der Waals surface area contributed by atoms with Crippen molar-refractivity contribution in [1.29, 1.82) is 0 Å². The number of benzene rings is 2. The number of carboxylic acid groups (broad SMARTS) is 1. The number of carbonyl (C=O) groups is 2. The lowest BCUT2D eigenvalue weighted by Crippen LogP contribution is -2.32. The molecule has 0 bridgehead atoms. The van der Waals surface area contributed by atoms with Gasteiger partial charge in [0.1, 0.15) is 5.69 Å². The molecule has 2 N–H and O–H groups in total. The third kappa shape index (κ3) is 4.42. The lowest BCUT2D eigenvalue weighted by molar-refractivity contribution is -0.139. The maximum Gasteiger partial charge on any atom is 0.331 e. The third-order valence-electron chi connectivity index (χ3n) is 4.09. The van der Waals surface area contributed by atoms with Crippen LogP contribution < -0.4 is 10.9 Å². The van der Waals surface area contributed by atoms with Gasteiger partial charge in [-0.05, 0) is 29.3 Å². The summed E-state index contributed by atoms with van der Waals surface area (Å²) in [5, 5.41) is 12.1. The van der Waals surface area contributed by atoms with Crippen LogP contribution in [0.25, 0.3) is 6.08 Å². The minimum atomic E-state index is -1.19. The quantitative estimate of drug-likeness (QED) is 0.649. The number of carboxylic acids is 1. The second-order valence-corrected chi connectivity index (χ2v) is 6.02. The summed E-state index contributed by atoms with van der Waals surface area (Å²) in [5.41, 5.74) is 0.718. The molecule has 2 aromatic carbocycles. The van der Waals surface area contributed by atoms with Gasteiger partial charge in [0.05, 0.1) is 0 Å². The van der Waals surface area contributed by atoms with Crippen LogP contribution in [0.15, 0.2) is 89.9 Å². The molecule has 0 radical (unpaired) electrons. The number of rotatable bonds is 6. The number of pyridine rings is 1. The van der Waals surface area contributed by atoms with Gasteiger partial charge < -0.3 is 10.4 Å². The first kappa shape index (κ1) is 18.8. The molecule has 0 fully saturated rings. The molecule has 0 aliphatic heterocycles. The van der Waals surface area contributed by atoms with Gasteiger partial charge in [0.2, 0.25) is 5.91 Å². The third-order valence-corrected chi connectivity index (χ3v) is 4.09. The fourth-order valence-corrected chi connectivity index (χ4v) is 2.78. The molecule has 6 heteroatoms. The highest BCUT2D eigenvalue weighted by Crippen LogP contribution is 2.17. The Morgan fingerprint density at radius 1 is 0.929 bits per heavy atom.